The zero-order chi connectivity index (χ0) is 12.3. The molecule has 4 nitrogen and oxygen atoms in total. The van der Waals surface area contributed by atoms with E-state index in [4.69, 9.17) is 4.74 Å². The van der Waals surface area contributed by atoms with E-state index >= 15 is 0 Å². The van der Waals surface area contributed by atoms with Gasteiger partial charge in [-0.3, -0.25) is 0 Å². The van der Waals surface area contributed by atoms with E-state index in [1.54, 1.807) is 30.3 Å². The van der Waals surface area contributed by atoms with Gasteiger partial charge in [-0.25, -0.2) is 13.1 Å². The third-order valence-electron chi connectivity index (χ3n) is 2.92. The van der Waals surface area contributed by atoms with Crippen LogP contribution in [0, 0.1) is 0 Å². The summed E-state index contributed by atoms with van der Waals surface area (Å²) in [6.45, 7) is 2.57. The van der Waals surface area contributed by atoms with Gasteiger partial charge in [-0.2, -0.15) is 0 Å². The first-order valence-electron chi connectivity index (χ1n) is 5.78. The summed E-state index contributed by atoms with van der Waals surface area (Å²) in [5.41, 5.74) is 0. The normalized spacial score (nSPS) is 22.5. The molecular weight excluding hydrogens is 238 g/mol. The molecule has 2 rings (SSSR count). The van der Waals surface area contributed by atoms with Gasteiger partial charge in [-0.1, -0.05) is 18.2 Å². The van der Waals surface area contributed by atoms with Gasteiger partial charge in [-0.15, -0.1) is 0 Å². The molecule has 0 aliphatic carbocycles. The van der Waals surface area contributed by atoms with E-state index in [-0.39, 0.29) is 12.1 Å². The number of ether oxygens (including phenoxy) is 1. The van der Waals surface area contributed by atoms with Gasteiger partial charge in [0.25, 0.3) is 0 Å². The Kier molecular flexibility index (Phi) is 3.81. The van der Waals surface area contributed by atoms with Crippen molar-refractivity contribution in [1.29, 1.82) is 0 Å². The Labute approximate surface area is 102 Å². The zero-order valence-electron chi connectivity index (χ0n) is 9.80. The molecule has 0 spiro atoms. The number of hydrogen-bond donors (Lipinski definition) is 1. The number of sulfonamides is 1. The maximum absolute atomic E-state index is 12.0. The summed E-state index contributed by atoms with van der Waals surface area (Å²) in [4.78, 5) is 0.296. The minimum absolute atomic E-state index is 0.00603. The van der Waals surface area contributed by atoms with Gasteiger partial charge >= 0.3 is 0 Å². The van der Waals surface area contributed by atoms with Gasteiger partial charge in [0.1, 0.15) is 0 Å². The van der Waals surface area contributed by atoms with Crippen LogP contribution in [0.3, 0.4) is 0 Å². The van der Waals surface area contributed by atoms with Crippen molar-refractivity contribution in [3.63, 3.8) is 0 Å². The van der Waals surface area contributed by atoms with E-state index in [0.29, 0.717) is 4.90 Å². The molecule has 0 bridgehead atoms. The van der Waals surface area contributed by atoms with Crippen molar-refractivity contribution in [1.82, 2.24) is 4.72 Å². The highest BCUT2D eigenvalue weighted by atomic mass is 32.2. The Morgan fingerprint density at radius 3 is 2.65 bits per heavy atom. The fourth-order valence-corrected chi connectivity index (χ4v) is 3.28. The number of benzene rings is 1. The van der Waals surface area contributed by atoms with E-state index in [9.17, 15) is 8.42 Å². The summed E-state index contributed by atoms with van der Waals surface area (Å²) in [6, 6.07) is 8.21. The standard InChI is InChI=1S/C12H17NO3S/c1-10(12-8-5-9-16-12)13-17(14,15)11-6-3-2-4-7-11/h2-4,6-7,10,12-13H,5,8-9H2,1H3. The smallest absolute Gasteiger partial charge is 0.240 e. The Hall–Kier alpha value is -0.910. The van der Waals surface area contributed by atoms with Crippen LogP contribution in [0.15, 0.2) is 35.2 Å². The molecule has 1 aliphatic rings. The summed E-state index contributed by atoms with van der Waals surface area (Å²) in [5, 5.41) is 0. The van der Waals surface area contributed by atoms with Crippen molar-refractivity contribution in [2.75, 3.05) is 6.61 Å². The molecule has 1 heterocycles. The van der Waals surface area contributed by atoms with Gasteiger partial charge in [0.15, 0.2) is 0 Å². The van der Waals surface area contributed by atoms with Crippen molar-refractivity contribution < 1.29 is 13.2 Å². The third kappa shape index (κ3) is 3.06. The van der Waals surface area contributed by atoms with Crippen LogP contribution in [0.1, 0.15) is 19.8 Å². The Morgan fingerprint density at radius 1 is 1.35 bits per heavy atom. The van der Waals surface area contributed by atoms with Gasteiger partial charge in [-0.05, 0) is 31.9 Å². The lowest BCUT2D eigenvalue weighted by atomic mass is 10.1. The lowest BCUT2D eigenvalue weighted by Crippen LogP contribution is -2.40. The topological polar surface area (TPSA) is 55.4 Å². The first-order valence-corrected chi connectivity index (χ1v) is 7.27. The summed E-state index contributed by atoms with van der Waals surface area (Å²) < 4.78 is 32.2. The SMILES string of the molecule is CC(NS(=O)(=O)c1ccccc1)C1CCCO1. The van der Waals surface area contributed by atoms with E-state index in [2.05, 4.69) is 4.72 Å². The van der Waals surface area contributed by atoms with Crippen LogP contribution < -0.4 is 4.72 Å². The predicted molar refractivity (Wildman–Crippen MR) is 65.2 cm³/mol. The molecule has 1 aromatic rings. The Morgan fingerprint density at radius 2 is 2.06 bits per heavy atom. The van der Waals surface area contributed by atoms with E-state index in [1.165, 1.54) is 0 Å². The van der Waals surface area contributed by atoms with Gasteiger partial charge in [0.05, 0.1) is 11.0 Å². The molecule has 17 heavy (non-hydrogen) atoms. The van der Waals surface area contributed by atoms with E-state index in [0.717, 1.165) is 19.4 Å². The fourth-order valence-electron chi connectivity index (χ4n) is 1.99. The van der Waals surface area contributed by atoms with Crippen LogP contribution in [-0.4, -0.2) is 27.2 Å². The molecule has 1 aromatic carbocycles. The molecule has 1 saturated heterocycles. The summed E-state index contributed by atoms with van der Waals surface area (Å²) in [5.74, 6) is 0. The first kappa shape index (κ1) is 12.5. The zero-order valence-corrected chi connectivity index (χ0v) is 10.6. The summed E-state index contributed by atoms with van der Waals surface area (Å²) in [7, 11) is -3.43. The van der Waals surface area contributed by atoms with Crippen LogP contribution in [0.4, 0.5) is 0 Å². The predicted octanol–water partition coefficient (Wildman–Crippen LogP) is 1.53. The highest BCUT2D eigenvalue weighted by Gasteiger charge is 2.26. The minimum atomic E-state index is -3.43. The van der Waals surface area contributed by atoms with Gasteiger partial charge in [0, 0.05) is 12.6 Å². The van der Waals surface area contributed by atoms with Crippen molar-refractivity contribution in [2.45, 2.75) is 36.8 Å². The molecule has 0 aromatic heterocycles. The van der Waals surface area contributed by atoms with E-state index < -0.39 is 10.0 Å². The number of hydrogen-bond acceptors (Lipinski definition) is 3. The summed E-state index contributed by atoms with van der Waals surface area (Å²) in [6.07, 6.45) is 1.91. The molecule has 0 radical (unpaired) electrons. The molecule has 1 fully saturated rings. The Bertz CT molecular complexity index is 452. The molecule has 94 valence electrons. The molecular formula is C12H17NO3S. The van der Waals surface area contributed by atoms with Crippen LogP contribution in [0.5, 0.6) is 0 Å². The quantitative estimate of drug-likeness (QED) is 0.887. The van der Waals surface area contributed by atoms with Crippen LogP contribution in [0.2, 0.25) is 0 Å². The number of rotatable bonds is 4. The van der Waals surface area contributed by atoms with Gasteiger partial charge in [0.2, 0.25) is 10.0 Å². The Balaban J connectivity index is 2.07. The van der Waals surface area contributed by atoms with Crippen molar-refractivity contribution in [3.05, 3.63) is 30.3 Å². The molecule has 1 N–H and O–H groups in total. The largest absolute Gasteiger partial charge is 0.377 e. The second-order valence-corrected chi connectivity index (χ2v) is 5.99. The summed E-state index contributed by atoms with van der Waals surface area (Å²) >= 11 is 0. The van der Waals surface area contributed by atoms with Crippen molar-refractivity contribution in [2.24, 2.45) is 0 Å². The van der Waals surface area contributed by atoms with Crippen molar-refractivity contribution in [3.8, 4) is 0 Å². The second-order valence-electron chi connectivity index (χ2n) is 4.27. The second kappa shape index (κ2) is 5.16. The average Bonchev–Trinajstić information content (AvgIpc) is 2.83. The molecule has 0 saturated carbocycles. The van der Waals surface area contributed by atoms with Crippen molar-refractivity contribution >= 4 is 10.0 Å². The third-order valence-corrected chi connectivity index (χ3v) is 4.49. The minimum Gasteiger partial charge on any atom is -0.377 e. The monoisotopic (exact) mass is 255 g/mol. The first-order chi connectivity index (χ1) is 8.09. The lowest BCUT2D eigenvalue weighted by Gasteiger charge is -2.19. The van der Waals surface area contributed by atoms with E-state index in [1.807, 2.05) is 6.92 Å². The van der Waals surface area contributed by atoms with Crippen LogP contribution in [-0.2, 0) is 14.8 Å². The average molecular weight is 255 g/mol. The lowest BCUT2D eigenvalue weighted by molar-refractivity contribution is 0.0902. The van der Waals surface area contributed by atoms with Crippen LogP contribution >= 0.6 is 0 Å². The molecule has 1 aliphatic heterocycles. The maximum atomic E-state index is 12.0. The molecule has 5 heteroatoms. The molecule has 0 amide bonds. The fraction of sp³-hybridized carbons (Fsp3) is 0.500. The maximum Gasteiger partial charge on any atom is 0.240 e. The highest BCUT2D eigenvalue weighted by molar-refractivity contribution is 7.89. The molecule has 2 atom stereocenters. The number of nitrogens with one attached hydrogen (secondary N) is 1. The molecule has 2 unspecified atom stereocenters. The van der Waals surface area contributed by atoms with Crippen LogP contribution in [0.25, 0.3) is 0 Å². The highest BCUT2D eigenvalue weighted by Crippen LogP contribution is 2.17. The van der Waals surface area contributed by atoms with Gasteiger partial charge < -0.3 is 4.74 Å².